The summed E-state index contributed by atoms with van der Waals surface area (Å²) in [6, 6.07) is 3.47. The molecule has 0 N–H and O–H groups in total. The van der Waals surface area contributed by atoms with Crippen LogP contribution in [0.4, 0.5) is 18.9 Å². The number of nitrogens with zero attached hydrogens (tertiary/aromatic N) is 1. The fourth-order valence-electron chi connectivity index (χ4n) is 2.44. The zero-order valence-corrected chi connectivity index (χ0v) is 13.8. The Bertz CT molecular complexity index is 727. The Morgan fingerprint density at radius 1 is 1.16 bits per heavy atom. The topological polar surface area (TPSA) is 65.1 Å². The smallest absolute Gasteiger partial charge is 0.418 e. The highest BCUT2D eigenvalue weighted by molar-refractivity contribution is 6.03. The molecule has 0 atom stereocenters. The number of halogens is 3. The Labute approximate surface area is 141 Å². The number of benzene rings is 1. The van der Waals surface area contributed by atoms with Crippen molar-refractivity contribution < 1.29 is 37.0 Å². The SMILES string of the molecule is COC(=O)C1=C(C(=O)OC)N(c2cc(C)ccc2C(F)(F)F)COC1. The fraction of sp³-hybridized carbons (Fsp3) is 0.375. The molecule has 1 aliphatic heterocycles. The van der Waals surface area contributed by atoms with E-state index in [2.05, 4.69) is 9.47 Å². The van der Waals surface area contributed by atoms with E-state index >= 15 is 0 Å². The first-order valence-electron chi connectivity index (χ1n) is 7.13. The molecule has 136 valence electrons. The van der Waals surface area contributed by atoms with E-state index in [-0.39, 0.29) is 30.3 Å². The molecule has 1 aromatic carbocycles. The first-order chi connectivity index (χ1) is 11.7. The van der Waals surface area contributed by atoms with Crippen molar-refractivity contribution in [1.82, 2.24) is 0 Å². The molecule has 0 aromatic heterocycles. The lowest BCUT2D eigenvalue weighted by Gasteiger charge is -2.33. The van der Waals surface area contributed by atoms with E-state index in [0.717, 1.165) is 25.2 Å². The van der Waals surface area contributed by atoms with Crippen LogP contribution in [0.15, 0.2) is 29.5 Å². The van der Waals surface area contributed by atoms with Crippen LogP contribution in [-0.2, 0) is 30.0 Å². The highest BCUT2D eigenvalue weighted by atomic mass is 19.4. The van der Waals surface area contributed by atoms with Crippen LogP contribution in [0.3, 0.4) is 0 Å². The second kappa shape index (κ2) is 7.14. The van der Waals surface area contributed by atoms with Crippen LogP contribution in [0.2, 0.25) is 0 Å². The molecule has 25 heavy (non-hydrogen) atoms. The number of rotatable bonds is 3. The molecule has 6 nitrogen and oxygen atoms in total. The average Bonchev–Trinajstić information content (AvgIpc) is 2.58. The number of anilines is 1. The van der Waals surface area contributed by atoms with Gasteiger partial charge in [0.25, 0.3) is 0 Å². The highest BCUT2D eigenvalue weighted by Gasteiger charge is 2.39. The van der Waals surface area contributed by atoms with Gasteiger partial charge < -0.3 is 19.1 Å². The van der Waals surface area contributed by atoms with Crippen molar-refractivity contribution in [3.8, 4) is 0 Å². The van der Waals surface area contributed by atoms with E-state index < -0.39 is 23.7 Å². The zero-order chi connectivity index (χ0) is 18.8. The van der Waals surface area contributed by atoms with Gasteiger partial charge in [-0.1, -0.05) is 6.07 Å². The second-order valence-electron chi connectivity index (χ2n) is 5.23. The standard InChI is InChI=1S/C16H16F3NO5/c1-9-4-5-11(16(17,18)19)12(6-9)20-8-25-7-10(14(21)23-2)13(20)15(22)24-3/h4-6H,7-8H2,1-3H3. The van der Waals surface area contributed by atoms with Crippen molar-refractivity contribution in [1.29, 1.82) is 0 Å². The van der Waals surface area contributed by atoms with E-state index in [9.17, 15) is 22.8 Å². The number of methoxy groups -OCH3 is 2. The summed E-state index contributed by atoms with van der Waals surface area (Å²) in [5.41, 5.74) is -1.28. The van der Waals surface area contributed by atoms with E-state index in [0.29, 0.717) is 5.56 Å². The summed E-state index contributed by atoms with van der Waals surface area (Å²) >= 11 is 0. The van der Waals surface area contributed by atoms with Gasteiger partial charge in [-0.25, -0.2) is 9.59 Å². The average molecular weight is 359 g/mol. The van der Waals surface area contributed by atoms with E-state index in [1.165, 1.54) is 12.1 Å². The normalized spacial score (nSPS) is 15.2. The quantitative estimate of drug-likeness (QED) is 0.773. The summed E-state index contributed by atoms with van der Waals surface area (Å²) in [7, 11) is 2.16. The summed E-state index contributed by atoms with van der Waals surface area (Å²) in [4.78, 5) is 25.0. The van der Waals surface area contributed by atoms with Gasteiger partial charge in [0.1, 0.15) is 12.4 Å². The molecule has 0 bridgehead atoms. The van der Waals surface area contributed by atoms with Crippen molar-refractivity contribution in [2.75, 3.05) is 32.5 Å². The van der Waals surface area contributed by atoms with Crippen LogP contribution in [0.1, 0.15) is 11.1 Å². The van der Waals surface area contributed by atoms with Gasteiger partial charge in [-0.05, 0) is 24.6 Å². The maximum atomic E-state index is 13.4. The first-order valence-corrected chi connectivity index (χ1v) is 7.13. The van der Waals surface area contributed by atoms with Crippen molar-refractivity contribution in [3.63, 3.8) is 0 Å². The molecule has 1 aliphatic rings. The third-order valence-electron chi connectivity index (χ3n) is 3.58. The minimum atomic E-state index is -4.66. The number of hydrogen-bond acceptors (Lipinski definition) is 6. The lowest BCUT2D eigenvalue weighted by molar-refractivity contribution is -0.141. The lowest BCUT2D eigenvalue weighted by Crippen LogP contribution is -2.39. The van der Waals surface area contributed by atoms with Crippen molar-refractivity contribution in [2.45, 2.75) is 13.1 Å². The van der Waals surface area contributed by atoms with Crippen molar-refractivity contribution in [3.05, 3.63) is 40.6 Å². The molecular formula is C16H16F3NO5. The number of alkyl halides is 3. The Morgan fingerprint density at radius 3 is 2.36 bits per heavy atom. The van der Waals surface area contributed by atoms with Crippen LogP contribution in [0.5, 0.6) is 0 Å². The van der Waals surface area contributed by atoms with E-state index in [1.807, 2.05) is 0 Å². The molecule has 1 heterocycles. The van der Waals surface area contributed by atoms with Gasteiger partial charge >= 0.3 is 18.1 Å². The van der Waals surface area contributed by atoms with Gasteiger partial charge in [0.2, 0.25) is 0 Å². The number of aryl methyl sites for hydroxylation is 1. The van der Waals surface area contributed by atoms with Crippen LogP contribution < -0.4 is 4.90 Å². The molecule has 0 amide bonds. The minimum absolute atomic E-state index is 0.213. The van der Waals surface area contributed by atoms with Crippen molar-refractivity contribution >= 4 is 17.6 Å². The fourth-order valence-corrected chi connectivity index (χ4v) is 2.44. The molecule has 1 aromatic rings. The Hall–Kier alpha value is -2.55. The molecule has 0 saturated heterocycles. The summed E-state index contributed by atoms with van der Waals surface area (Å²) in [6.07, 6.45) is -4.66. The van der Waals surface area contributed by atoms with Crippen LogP contribution in [-0.4, -0.2) is 39.5 Å². The second-order valence-corrected chi connectivity index (χ2v) is 5.23. The number of carbonyl (C=O) groups excluding carboxylic acids is 2. The molecule has 0 saturated carbocycles. The maximum Gasteiger partial charge on any atom is 0.418 e. The lowest BCUT2D eigenvalue weighted by atomic mass is 10.1. The third kappa shape index (κ3) is 3.76. The third-order valence-corrected chi connectivity index (χ3v) is 3.58. The van der Waals surface area contributed by atoms with Crippen LogP contribution in [0, 0.1) is 6.92 Å². The molecule has 0 fully saturated rings. The predicted octanol–water partition coefficient (Wildman–Crippen LogP) is 2.41. The molecular weight excluding hydrogens is 343 g/mol. The zero-order valence-electron chi connectivity index (χ0n) is 13.8. The largest absolute Gasteiger partial charge is 0.466 e. The monoisotopic (exact) mass is 359 g/mol. The van der Waals surface area contributed by atoms with Gasteiger partial charge in [0.15, 0.2) is 0 Å². The van der Waals surface area contributed by atoms with Gasteiger partial charge in [-0.15, -0.1) is 0 Å². The van der Waals surface area contributed by atoms with E-state index in [4.69, 9.17) is 4.74 Å². The summed E-state index contributed by atoms with van der Waals surface area (Å²) < 4.78 is 54.5. The highest BCUT2D eigenvalue weighted by Crippen LogP contribution is 2.39. The Balaban J connectivity index is 2.70. The Morgan fingerprint density at radius 2 is 1.80 bits per heavy atom. The summed E-state index contributed by atoms with van der Waals surface area (Å²) in [6.45, 7) is 0.982. The number of ether oxygens (including phenoxy) is 3. The Kier molecular flexibility index (Phi) is 5.36. The number of carbonyl (C=O) groups is 2. The predicted molar refractivity (Wildman–Crippen MR) is 80.5 cm³/mol. The van der Waals surface area contributed by atoms with Gasteiger partial charge in [-0.3, -0.25) is 0 Å². The molecule has 2 rings (SSSR count). The van der Waals surface area contributed by atoms with Crippen LogP contribution >= 0.6 is 0 Å². The van der Waals surface area contributed by atoms with E-state index in [1.54, 1.807) is 6.92 Å². The summed E-state index contributed by atoms with van der Waals surface area (Å²) in [5.74, 6) is -1.84. The molecule has 0 aliphatic carbocycles. The van der Waals surface area contributed by atoms with Gasteiger partial charge in [-0.2, -0.15) is 13.2 Å². The molecule has 0 radical (unpaired) electrons. The van der Waals surface area contributed by atoms with Crippen LogP contribution in [0.25, 0.3) is 0 Å². The molecule has 0 unspecified atom stereocenters. The van der Waals surface area contributed by atoms with Gasteiger partial charge in [0.05, 0.1) is 37.7 Å². The maximum absolute atomic E-state index is 13.4. The number of esters is 2. The molecule has 0 spiro atoms. The molecule has 9 heteroatoms. The van der Waals surface area contributed by atoms with Gasteiger partial charge in [0, 0.05) is 0 Å². The number of hydrogen-bond donors (Lipinski definition) is 0. The van der Waals surface area contributed by atoms with Crippen molar-refractivity contribution in [2.24, 2.45) is 0 Å². The first kappa shape index (κ1) is 18.8. The summed E-state index contributed by atoms with van der Waals surface area (Å²) in [5, 5.41) is 0. The minimum Gasteiger partial charge on any atom is -0.466 e.